The van der Waals surface area contributed by atoms with Crippen molar-refractivity contribution in [2.75, 3.05) is 6.61 Å². The van der Waals surface area contributed by atoms with Crippen molar-refractivity contribution in [2.45, 2.75) is 69.2 Å². The summed E-state index contributed by atoms with van der Waals surface area (Å²) in [6.07, 6.45) is 0.752. The Kier molecular flexibility index (Phi) is 8.28. The molecular formula is C18H26Cl2O4. The van der Waals surface area contributed by atoms with Gasteiger partial charge in [-0.3, -0.25) is 0 Å². The molecule has 0 aromatic heterocycles. The molecule has 1 N–H and O–H groups in total. The Morgan fingerprint density at radius 1 is 1.29 bits per heavy atom. The van der Waals surface area contributed by atoms with E-state index in [1.54, 1.807) is 6.92 Å². The third-order valence-corrected chi connectivity index (χ3v) is 4.38. The lowest BCUT2D eigenvalue weighted by atomic mass is 10.1. The third-order valence-electron chi connectivity index (χ3n) is 4.07. The smallest absolute Gasteiger partial charge is 0.158 e. The monoisotopic (exact) mass is 376 g/mol. The largest absolute Gasteiger partial charge is 0.391 e. The molecule has 1 saturated heterocycles. The van der Waals surface area contributed by atoms with Crippen LogP contribution in [0.15, 0.2) is 24.3 Å². The van der Waals surface area contributed by atoms with Crippen molar-refractivity contribution >= 4 is 23.2 Å². The summed E-state index contributed by atoms with van der Waals surface area (Å²) in [6.45, 7) is 4.60. The van der Waals surface area contributed by atoms with E-state index in [0.29, 0.717) is 19.6 Å². The molecule has 4 atom stereocenters. The first-order chi connectivity index (χ1) is 11.5. The second-order valence-electron chi connectivity index (χ2n) is 6.11. The fraction of sp³-hybridized carbons (Fsp3) is 0.667. The van der Waals surface area contributed by atoms with E-state index >= 15 is 0 Å². The maximum Gasteiger partial charge on any atom is 0.158 e. The molecule has 1 unspecified atom stereocenters. The van der Waals surface area contributed by atoms with Gasteiger partial charge in [0.05, 0.1) is 19.3 Å². The summed E-state index contributed by atoms with van der Waals surface area (Å²) in [5, 5.41) is 10.0. The fourth-order valence-electron chi connectivity index (χ4n) is 2.81. The van der Waals surface area contributed by atoms with Crippen molar-refractivity contribution < 1.29 is 19.3 Å². The predicted molar refractivity (Wildman–Crippen MR) is 95.4 cm³/mol. The number of benzene rings is 1. The van der Waals surface area contributed by atoms with Crippen LogP contribution in [0.2, 0.25) is 0 Å². The number of rotatable bonds is 8. The van der Waals surface area contributed by atoms with Gasteiger partial charge in [0.1, 0.15) is 17.0 Å². The molecular weight excluding hydrogens is 351 g/mol. The number of hydrogen-bond acceptors (Lipinski definition) is 4. The summed E-state index contributed by atoms with van der Waals surface area (Å²) in [6, 6.07) is 7.90. The van der Waals surface area contributed by atoms with Crippen LogP contribution in [-0.2, 0) is 27.2 Å². The Morgan fingerprint density at radius 2 is 2.00 bits per heavy atom. The van der Waals surface area contributed by atoms with Crippen LogP contribution in [0, 0.1) is 0 Å². The average molecular weight is 377 g/mol. The van der Waals surface area contributed by atoms with Crippen LogP contribution >= 0.6 is 23.2 Å². The molecule has 2 rings (SSSR count). The summed E-state index contributed by atoms with van der Waals surface area (Å²) < 4.78 is 17.5. The molecule has 1 fully saturated rings. The average Bonchev–Trinajstić information content (AvgIpc) is 2.54. The highest BCUT2D eigenvalue weighted by Gasteiger charge is 2.35. The van der Waals surface area contributed by atoms with Crippen LogP contribution in [0.3, 0.4) is 0 Å². The van der Waals surface area contributed by atoms with Crippen LogP contribution in [0.5, 0.6) is 0 Å². The van der Waals surface area contributed by atoms with Gasteiger partial charge in [-0.1, -0.05) is 37.6 Å². The van der Waals surface area contributed by atoms with Crippen molar-refractivity contribution in [2.24, 2.45) is 0 Å². The fourth-order valence-corrected chi connectivity index (χ4v) is 3.15. The minimum Gasteiger partial charge on any atom is -0.391 e. The lowest BCUT2D eigenvalue weighted by Crippen LogP contribution is -2.50. The van der Waals surface area contributed by atoms with E-state index in [0.717, 1.165) is 24.0 Å². The summed E-state index contributed by atoms with van der Waals surface area (Å²) in [7, 11) is 0. The van der Waals surface area contributed by atoms with E-state index in [1.807, 2.05) is 24.3 Å². The first-order valence-electron chi connectivity index (χ1n) is 8.43. The quantitative estimate of drug-likeness (QED) is 0.700. The molecule has 0 spiro atoms. The second kappa shape index (κ2) is 9.95. The van der Waals surface area contributed by atoms with Gasteiger partial charge in [0, 0.05) is 6.42 Å². The number of hydrogen-bond donors (Lipinski definition) is 1. The maximum atomic E-state index is 10.0. The standard InChI is InChI=1S/C18H26Cl2O4/c1-3-6-17-23-11-15(18(24-17)12(2)21)22-10-14-8-5-4-7-13(14)9-16(19)20/h4-5,7-8,12,15-18,21H,3,6,9-11H2,1-2H3/t12?,15-,17+,18-/m1/s1. The first-order valence-corrected chi connectivity index (χ1v) is 9.30. The Bertz CT molecular complexity index is 496. The van der Waals surface area contributed by atoms with E-state index in [4.69, 9.17) is 37.4 Å². The Balaban J connectivity index is 1.98. The normalized spacial score (nSPS) is 25.8. The van der Waals surface area contributed by atoms with Gasteiger partial charge in [-0.2, -0.15) is 0 Å². The molecule has 0 aliphatic carbocycles. The van der Waals surface area contributed by atoms with Gasteiger partial charge in [0.15, 0.2) is 6.29 Å². The highest BCUT2D eigenvalue weighted by Crippen LogP contribution is 2.24. The highest BCUT2D eigenvalue weighted by molar-refractivity contribution is 6.44. The zero-order chi connectivity index (χ0) is 17.5. The number of alkyl halides is 2. The van der Waals surface area contributed by atoms with Crippen molar-refractivity contribution in [1.82, 2.24) is 0 Å². The summed E-state index contributed by atoms with van der Waals surface area (Å²) in [5.41, 5.74) is 2.09. The number of ether oxygens (including phenoxy) is 3. The first kappa shape index (κ1) is 20.0. The molecule has 4 nitrogen and oxygen atoms in total. The zero-order valence-corrected chi connectivity index (χ0v) is 15.7. The van der Waals surface area contributed by atoms with Crippen molar-refractivity contribution in [3.63, 3.8) is 0 Å². The van der Waals surface area contributed by atoms with Gasteiger partial charge in [-0.15, -0.1) is 23.2 Å². The number of aliphatic hydroxyl groups excluding tert-OH is 1. The molecule has 0 radical (unpaired) electrons. The molecule has 0 saturated carbocycles. The number of halogens is 2. The molecule has 0 bridgehead atoms. The SMILES string of the molecule is CCC[C@H]1OC[C@@H](OCc2ccccc2CC(Cl)Cl)[C@@H](C(C)O)O1. The van der Waals surface area contributed by atoms with Crippen molar-refractivity contribution in [3.05, 3.63) is 35.4 Å². The van der Waals surface area contributed by atoms with Crippen molar-refractivity contribution in [1.29, 1.82) is 0 Å². The molecule has 1 heterocycles. The topological polar surface area (TPSA) is 47.9 Å². The molecule has 136 valence electrons. The summed E-state index contributed by atoms with van der Waals surface area (Å²) >= 11 is 11.8. The van der Waals surface area contributed by atoms with Crippen LogP contribution in [0.25, 0.3) is 0 Å². The molecule has 24 heavy (non-hydrogen) atoms. The molecule has 1 aromatic rings. The molecule has 1 aliphatic heterocycles. The lowest BCUT2D eigenvalue weighted by molar-refractivity contribution is -0.281. The molecule has 1 aliphatic rings. The van der Waals surface area contributed by atoms with Gasteiger partial charge in [-0.05, 0) is 24.5 Å². The molecule has 1 aromatic carbocycles. The van der Waals surface area contributed by atoms with Gasteiger partial charge >= 0.3 is 0 Å². The Labute approximate surface area is 154 Å². The Hall–Kier alpha value is -0.360. The van der Waals surface area contributed by atoms with E-state index in [-0.39, 0.29) is 12.4 Å². The zero-order valence-electron chi connectivity index (χ0n) is 14.2. The van der Waals surface area contributed by atoms with E-state index in [9.17, 15) is 5.11 Å². The van der Waals surface area contributed by atoms with Gasteiger partial charge in [-0.25, -0.2) is 0 Å². The van der Waals surface area contributed by atoms with E-state index in [2.05, 4.69) is 6.92 Å². The second-order valence-corrected chi connectivity index (χ2v) is 7.38. The van der Waals surface area contributed by atoms with Crippen LogP contribution < -0.4 is 0 Å². The van der Waals surface area contributed by atoms with E-state index < -0.39 is 17.0 Å². The molecule has 6 heteroatoms. The van der Waals surface area contributed by atoms with Gasteiger partial charge < -0.3 is 19.3 Å². The van der Waals surface area contributed by atoms with Crippen molar-refractivity contribution in [3.8, 4) is 0 Å². The van der Waals surface area contributed by atoms with Gasteiger partial charge in [0.2, 0.25) is 0 Å². The molecule has 0 amide bonds. The lowest BCUT2D eigenvalue weighted by Gasteiger charge is -2.38. The minimum atomic E-state index is -0.622. The van der Waals surface area contributed by atoms with Crippen LogP contribution in [-0.4, -0.2) is 41.2 Å². The highest BCUT2D eigenvalue weighted by atomic mass is 35.5. The minimum absolute atomic E-state index is 0.269. The van der Waals surface area contributed by atoms with E-state index in [1.165, 1.54) is 0 Å². The number of aliphatic hydroxyl groups is 1. The Morgan fingerprint density at radius 3 is 2.62 bits per heavy atom. The van der Waals surface area contributed by atoms with Crippen LogP contribution in [0.4, 0.5) is 0 Å². The summed E-state index contributed by atoms with van der Waals surface area (Å²) in [4.78, 5) is -0.451. The third kappa shape index (κ3) is 5.87. The summed E-state index contributed by atoms with van der Waals surface area (Å²) in [5.74, 6) is 0. The maximum absolute atomic E-state index is 10.0. The van der Waals surface area contributed by atoms with Crippen LogP contribution in [0.1, 0.15) is 37.8 Å². The van der Waals surface area contributed by atoms with Gasteiger partial charge in [0.25, 0.3) is 0 Å². The predicted octanol–water partition coefficient (Wildman–Crippen LogP) is 3.84.